The minimum absolute atomic E-state index is 0.0830. The Morgan fingerprint density at radius 2 is 1.09 bits per heavy atom. The number of fused-ring (bicyclic) bond motifs is 6. The number of methoxy groups -OCH3 is 5. The van der Waals surface area contributed by atoms with Crippen molar-refractivity contribution in [2.75, 3.05) is 35.5 Å². The van der Waals surface area contributed by atoms with Gasteiger partial charge in [-0.1, -0.05) is 18.2 Å². The van der Waals surface area contributed by atoms with Crippen molar-refractivity contribution < 1.29 is 28.8 Å². The van der Waals surface area contributed by atoms with Gasteiger partial charge in [-0.25, -0.2) is 57.0 Å². The number of allylic oxidation sites excluding steroid dienone is 2. The first kappa shape index (κ1) is 42.3. The molecule has 9 rings (SSSR count). The molecule has 22 heteroatoms. The van der Waals surface area contributed by atoms with Crippen molar-refractivity contribution in [1.29, 1.82) is 0 Å². The summed E-state index contributed by atoms with van der Waals surface area (Å²) in [6, 6.07) is 9.11. The van der Waals surface area contributed by atoms with Gasteiger partial charge in [-0.3, -0.25) is 9.59 Å². The largest absolute Gasteiger partial charge is 0.504 e. The van der Waals surface area contributed by atoms with Crippen molar-refractivity contribution in [3.63, 3.8) is 0 Å². The molecule has 0 radical (unpaired) electrons. The first-order valence-electron chi connectivity index (χ1n) is 20.4. The summed E-state index contributed by atoms with van der Waals surface area (Å²) in [5.41, 5.74) is -1.12. The summed E-state index contributed by atoms with van der Waals surface area (Å²) in [6.45, 7) is -0.820. The first-order chi connectivity index (χ1) is 31.3. The van der Waals surface area contributed by atoms with Gasteiger partial charge < -0.3 is 37.9 Å². The van der Waals surface area contributed by atoms with E-state index in [2.05, 4.69) is 9.97 Å². The Balaban J connectivity index is 1.11. The molecule has 3 aromatic carbocycles. The van der Waals surface area contributed by atoms with Gasteiger partial charge >= 0.3 is 22.8 Å². The van der Waals surface area contributed by atoms with Gasteiger partial charge in [0.05, 0.1) is 76.7 Å². The van der Waals surface area contributed by atoms with Crippen LogP contribution in [-0.2, 0) is 53.1 Å². The van der Waals surface area contributed by atoms with Crippen LogP contribution in [0, 0.1) is 0 Å². The molecule has 0 bridgehead atoms. The molecule has 0 saturated heterocycles. The molecule has 6 heterocycles. The highest BCUT2D eigenvalue weighted by atomic mass is 16.5. The van der Waals surface area contributed by atoms with E-state index in [1.54, 1.807) is 56.6 Å². The third kappa shape index (κ3) is 6.45. The van der Waals surface area contributed by atoms with E-state index in [9.17, 15) is 33.9 Å². The summed E-state index contributed by atoms with van der Waals surface area (Å²) < 4.78 is 36.7. The number of hydrogen-bond acceptors (Lipinski definition) is 14. The number of aromatic hydroxyl groups is 1. The number of ether oxygens (including phenoxy) is 5. The van der Waals surface area contributed by atoms with Gasteiger partial charge in [0.1, 0.15) is 17.4 Å². The minimum Gasteiger partial charge on any atom is -0.504 e. The van der Waals surface area contributed by atoms with Crippen LogP contribution in [0.3, 0.4) is 0 Å². The molecule has 1 N–H and O–H groups in total. The van der Waals surface area contributed by atoms with Crippen LogP contribution in [0.15, 0.2) is 82.9 Å². The maximum absolute atomic E-state index is 14.5. The van der Waals surface area contributed by atoms with E-state index >= 15 is 0 Å². The van der Waals surface area contributed by atoms with Gasteiger partial charge in [-0.2, -0.15) is 0 Å². The van der Waals surface area contributed by atoms with Gasteiger partial charge in [0.2, 0.25) is 0 Å². The molecule has 338 valence electrons. The fraction of sp³-hybridized carbons (Fsp3) is 0.349. The van der Waals surface area contributed by atoms with Crippen LogP contribution in [0.5, 0.6) is 34.5 Å². The van der Waals surface area contributed by atoms with E-state index in [1.807, 2.05) is 0 Å². The Bertz CT molecular complexity index is 3530. The number of aryl methyl sites for hydroxylation is 4. The highest BCUT2D eigenvalue weighted by molar-refractivity contribution is 5.80. The molecule has 22 nitrogen and oxygen atoms in total. The van der Waals surface area contributed by atoms with Gasteiger partial charge in [0.25, 0.3) is 11.1 Å². The average Bonchev–Trinajstić information content (AvgIpc) is 3.71. The lowest BCUT2D eigenvalue weighted by atomic mass is 9.89. The summed E-state index contributed by atoms with van der Waals surface area (Å²) in [4.78, 5) is 93.7. The van der Waals surface area contributed by atoms with Crippen LogP contribution in [0.4, 0.5) is 0 Å². The quantitative estimate of drug-likeness (QED) is 0.164. The molecule has 2 aliphatic heterocycles. The second-order valence-electron chi connectivity index (χ2n) is 15.5. The highest BCUT2D eigenvalue weighted by Crippen LogP contribution is 2.44. The third-order valence-electron chi connectivity index (χ3n) is 12.4. The van der Waals surface area contributed by atoms with Gasteiger partial charge in [-0.15, -0.1) is 0 Å². The summed E-state index contributed by atoms with van der Waals surface area (Å²) in [6.07, 6.45) is 1.50. The van der Waals surface area contributed by atoms with Gasteiger partial charge in [-0.05, 0) is 11.6 Å². The normalized spacial score (nSPS) is 15.3. The van der Waals surface area contributed by atoms with E-state index in [0.29, 0.717) is 50.6 Å². The molecular weight excluding hydrogens is 849 g/mol. The lowest BCUT2D eigenvalue weighted by Gasteiger charge is -2.37. The van der Waals surface area contributed by atoms with Gasteiger partial charge in [0, 0.05) is 69.9 Å². The molecular formula is C43H44N10O12. The van der Waals surface area contributed by atoms with Crippen LogP contribution in [-0.4, -0.2) is 87.6 Å². The maximum Gasteiger partial charge on any atom is 0.348 e. The summed E-state index contributed by atoms with van der Waals surface area (Å²) in [5.74, 6) is 1.41. The number of phenolic OH excluding ortho intramolecular Hbond substituents is 1. The number of benzene rings is 3. The predicted molar refractivity (Wildman–Crippen MR) is 233 cm³/mol. The smallest absolute Gasteiger partial charge is 0.348 e. The van der Waals surface area contributed by atoms with Crippen molar-refractivity contribution >= 4 is 22.1 Å². The van der Waals surface area contributed by atoms with Crippen molar-refractivity contribution in [2.45, 2.75) is 51.1 Å². The SMILES string of the molecule is COc1cc2nc(CCn3c(=O)n4n(c3=O)[C@@H]3Cn5c(=O)n(CCc6nc7cc(OC)c(OC)cc7n(C)c6=O)c(=O)n5[C@@H](c5cccc(OC)c5O)C3=CC4)c(=O)n(C)c2cc1OC. The Kier molecular flexibility index (Phi) is 10.4. The number of aromatic nitrogens is 10. The lowest BCUT2D eigenvalue weighted by Crippen LogP contribution is -2.47. The molecule has 0 fully saturated rings. The van der Waals surface area contributed by atoms with Crippen molar-refractivity contribution in [3.05, 3.63) is 134 Å². The Hall–Kier alpha value is -8.04. The molecule has 4 aromatic heterocycles. The van der Waals surface area contributed by atoms with Crippen molar-refractivity contribution in [1.82, 2.24) is 47.0 Å². The van der Waals surface area contributed by atoms with E-state index in [4.69, 9.17) is 23.7 Å². The number of nitrogens with zero attached hydrogens (tertiary/aromatic N) is 10. The fourth-order valence-electron chi connectivity index (χ4n) is 9.02. The zero-order chi connectivity index (χ0) is 46.2. The molecule has 0 unspecified atom stereocenters. The number of hydrogen-bond donors (Lipinski definition) is 1. The third-order valence-corrected chi connectivity index (χ3v) is 12.4. The summed E-state index contributed by atoms with van der Waals surface area (Å²) in [7, 11) is 10.4. The standard InChI is InChI=1S/C43H44N10O12/c1-46-28-19-34(64-6)32(62-4)17-26(28)44-24(38(46)55)12-14-48-40(57)50-16-11-22-30(52(50)42(48)59)21-51-41(58)49(43(60)53(51)36(22)23-9-8-10-31(61-3)37(23)54)15-13-25-39(56)47(2)29-20-35(65-7)33(63-5)18-27(29)45-25/h8-11,17-20,30,36,54H,12-16,21H2,1-7H3/t30-,36-/m1/s1. The van der Waals surface area contributed by atoms with Crippen LogP contribution in [0.25, 0.3) is 22.1 Å². The predicted octanol–water partition coefficient (Wildman–Crippen LogP) is 0.449. The molecule has 2 atom stereocenters. The fourth-order valence-corrected chi connectivity index (χ4v) is 9.02. The Labute approximate surface area is 366 Å². The zero-order valence-corrected chi connectivity index (χ0v) is 36.4. The topological polar surface area (TPSA) is 234 Å². The van der Waals surface area contributed by atoms with Crippen LogP contribution in [0.2, 0.25) is 0 Å². The van der Waals surface area contributed by atoms with E-state index < -0.39 is 46.0 Å². The Morgan fingerprint density at radius 3 is 1.60 bits per heavy atom. The number of phenols is 1. The molecule has 7 aromatic rings. The van der Waals surface area contributed by atoms with E-state index in [0.717, 1.165) is 9.13 Å². The molecule has 0 spiro atoms. The van der Waals surface area contributed by atoms with E-state index in [1.165, 1.54) is 69.5 Å². The van der Waals surface area contributed by atoms with Crippen molar-refractivity contribution in [3.8, 4) is 34.5 Å². The molecule has 0 aliphatic carbocycles. The second-order valence-corrected chi connectivity index (χ2v) is 15.5. The minimum atomic E-state index is -1.15. The van der Waals surface area contributed by atoms with Gasteiger partial charge in [0.15, 0.2) is 34.5 Å². The monoisotopic (exact) mass is 892 g/mol. The highest BCUT2D eigenvalue weighted by Gasteiger charge is 2.42. The maximum atomic E-state index is 14.5. The lowest BCUT2D eigenvalue weighted by molar-refractivity contribution is 0.243. The van der Waals surface area contributed by atoms with Crippen molar-refractivity contribution in [2.24, 2.45) is 14.1 Å². The van der Waals surface area contributed by atoms with Crippen LogP contribution < -0.4 is 57.6 Å². The molecule has 2 aliphatic rings. The molecule has 65 heavy (non-hydrogen) atoms. The molecule has 0 amide bonds. The summed E-state index contributed by atoms with van der Waals surface area (Å²) >= 11 is 0. The zero-order valence-electron chi connectivity index (χ0n) is 36.4. The second kappa shape index (κ2) is 15.9. The number of para-hydroxylation sites is 1. The van der Waals surface area contributed by atoms with Crippen LogP contribution in [0.1, 0.15) is 29.0 Å². The van der Waals surface area contributed by atoms with E-state index in [-0.39, 0.29) is 67.5 Å². The Morgan fingerprint density at radius 1 is 0.615 bits per heavy atom. The number of rotatable bonds is 12. The van der Waals surface area contributed by atoms with Crippen LogP contribution >= 0.6 is 0 Å². The molecule has 0 saturated carbocycles. The first-order valence-corrected chi connectivity index (χ1v) is 20.4. The average molecular weight is 893 g/mol. The summed E-state index contributed by atoms with van der Waals surface area (Å²) in [5, 5.41) is 11.5.